The predicted octanol–water partition coefficient (Wildman–Crippen LogP) is 4.01. The molecule has 4 rings (SSSR count). The molecule has 3 aromatic rings. The molecule has 0 radical (unpaired) electrons. The van der Waals surface area contributed by atoms with Crippen LogP contribution in [0.3, 0.4) is 0 Å². The van der Waals surface area contributed by atoms with Gasteiger partial charge >= 0.3 is 0 Å². The molecule has 0 saturated carbocycles. The van der Waals surface area contributed by atoms with Gasteiger partial charge in [0.15, 0.2) is 0 Å². The smallest absolute Gasteiger partial charge is 0.258 e. The maximum Gasteiger partial charge on any atom is 0.258 e. The average Bonchev–Trinajstić information content (AvgIpc) is 2.81. The second-order valence-electron chi connectivity index (χ2n) is 8.00. The van der Waals surface area contributed by atoms with Crippen LogP contribution in [0.15, 0.2) is 59.5 Å². The largest absolute Gasteiger partial charge is 0.497 e. The number of hydrogen-bond acceptors (Lipinski definition) is 4. The lowest BCUT2D eigenvalue weighted by Gasteiger charge is -2.23. The molecule has 2 aromatic carbocycles. The normalized spacial score (nSPS) is 14.5. The lowest BCUT2D eigenvalue weighted by molar-refractivity contribution is -0.116. The molecule has 1 aliphatic heterocycles. The molecule has 6 heteroatoms. The molecular weight excluding hydrogens is 392 g/mol. The van der Waals surface area contributed by atoms with E-state index in [4.69, 9.17) is 9.47 Å². The highest BCUT2D eigenvalue weighted by atomic mass is 16.5. The Balaban J connectivity index is 1.46. The van der Waals surface area contributed by atoms with Gasteiger partial charge in [0, 0.05) is 48.8 Å². The molecule has 1 fully saturated rings. The minimum Gasteiger partial charge on any atom is -0.497 e. The summed E-state index contributed by atoms with van der Waals surface area (Å²) < 4.78 is 12.4. The highest BCUT2D eigenvalue weighted by molar-refractivity contribution is 6.01. The average molecular weight is 421 g/mol. The molecule has 0 aliphatic carbocycles. The van der Waals surface area contributed by atoms with Crippen molar-refractivity contribution < 1.29 is 14.3 Å². The fourth-order valence-electron chi connectivity index (χ4n) is 4.08. The van der Waals surface area contributed by atoms with Gasteiger partial charge in [-0.15, -0.1) is 0 Å². The molecule has 1 saturated heterocycles. The van der Waals surface area contributed by atoms with Crippen molar-refractivity contribution in [1.29, 1.82) is 0 Å². The number of nitrogens with zero attached hydrogens (tertiary/aromatic N) is 1. The SMILES string of the molecule is COc1cccc(CCC(=O)Nc2cccc3c(=O)n(CC4CCOCC4)ccc23)c1. The van der Waals surface area contributed by atoms with E-state index >= 15 is 0 Å². The van der Waals surface area contributed by atoms with E-state index in [1.807, 2.05) is 54.7 Å². The maximum absolute atomic E-state index is 13.0. The van der Waals surface area contributed by atoms with Gasteiger partial charge in [-0.1, -0.05) is 18.2 Å². The minimum absolute atomic E-state index is 0.0172. The molecule has 31 heavy (non-hydrogen) atoms. The number of carbonyl (C=O) groups is 1. The Morgan fingerprint density at radius 2 is 1.94 bits per heavy atom. The van der Waals surface area contributed by atoms with Gasteiger partial charge < -0.3 is 19.4 Å². The van der Waals surface area contributed by atoms with Crippen LogP contribution in [-0.4, -0.2) is 30.8 Å². The molecule has 2 heterocycles. The lowest BCUT2D eigenvalue weighted by Crippen LogP contribution is -2.27. The van der Waals surface area contributed by atoms with Crippen LogP contribution in [-0.2, 0) is 22.5 Å². The zero-order chi connectivity index (χ0) is 21.6. The number of benzene rings is 2. The van der Waals surface area contributed by atoms with Crippen LogP contribution in [0, 0.1) is 5.92 Å². The van der Waals surface area contributed by atoms with Crippen LogP contribution in [0.25, 0.3) is 10.8 Å². The van der Waals surface area contributed by atoms with E-state index in [1.165, 1.54) is 0 Å². The molecule has 1 amide bonds. The van der Waals surface area contributed by atoms with Crippen LogP contribution < -0.4 is 15.6 Å². The molecule has 1 aliphatic rings. The number of nitrogens with one attached hydrogen (secondary N) is 1. The summed E-state index contributed by atoms with van der Waals surface area (Å²) in [5.41, 5.74) is 1.70. The number of pyridine rings is 1. The van der Waals surface area contributed by atoms with Gasteiger partial charge in [0.25, 0.3) is 5.56 Å². The second kappa shape index (κ2) is 9.79. The van der Waals surface area contributed by atoms with Crippen molar-refractivity contribution >= 4 is 22.4 Å². The van der Waals surface area contributed by atoms with Crippen LogP contribution in [0.5, 0.6) is 5.75 Å². The summed E-state index contributed by atoms with van der Waals surface area (Å²) in [5.74, 6) is 1.16. The van der Waals surface area contributed by atoms with Gasteiger partial charge in [-0.2, -0.15) is 0 Å². The van der Waals surface area contributed by atoms with Gasteiger partial charge in [0.05, 0.1) is 7.11 Å². The molecule has 0 spiro atoms. The lowest BCUT2D eigenvalue weighted by atomic mass is 10.00. The van der Waals surface area contributed by atoms with Crippen LogP contribution in [0.2, 0.25) is 0 Å². The van der Waals surface area contributed by atoms with Crippen molar-refractivity contribution in [2.75, 3.05) is 25.6 Å². The first-order valence-corrected chi connectivity index (χ1v) is 10.8. The number of aromatic nitrogens is 1. The van der Waals surface area contributed by atoms with Crippen LogP contribution in [0.1, 0.15) is 24.8 Å². The third kappa shape index (κ3) is 5.14. The number of aryl methyl sites for hydroxylation is 1. The van der Waals surface area contributed by atoms with Gasteiger partial charge in [-0.3, -0.25) is 9.59 Å². The Bertz CT molecular complexity index is 1120. The third-order valence-electron chi connectivity index (χ3n) is 5.86. The zero-order valence-corrected chi connectivity index (χ0v) is 17.8. The number of ether oxygens (including phenoxy) is 2. The summed E-state index contributed by atoms with van der Waals surface area (Å²) in [6, 6.07) is 15.1. The van der Waals surface area contributed by atoms with Crippen molar-refractivity contribution in [1.82, 2.24) is 4.57 Å². The van der Waals surface area contributed by atoms with Crippen molar-refractivity contribution in [2.45, 2.75) is 32.2 Å². The third-order valence-corrected chi connectivity index (χ3v) is 5.86. The first-order valence-electron chi connectivity index (χ1n) is 10.8. The predicted molar refractivity (Wildman–Crippen MR) is 122 cm³/mol. The molecule has 6 nitrogen and oxygen atoms in total. The molecule has 0 atom stereocenters. The van der Waals surface area contributed by atoms with Gasteiger partial charge in [0.1, 0.15) is 5.75 Å². The number of fused-ring (bicyclic) bond motifs is 1. The highest BCUT2D eigenvalue weighted by Gasteiger charge is 2.16. The number of amides is 1. The highest BCUT2D eigenvalue weighted by Crippen LogP contribution is 2.23. The summed E-state index contributed by atoms with van der Waals surface area (Å²) in [6.45, 7) is 2.23. The van der Waals surface area contributed by atoms with E-state index in [0.717, 1.165) is 42.8 Å². The Morgan fingerprint density at radius 3 is 2.74 bits per heavy atom. The fraction of sp³-hybridized carbons (Fsp3) is 0.360. The van der Waals surface area contributed by atoms with Crippen LogP contribution >= 0.6 is 0 Å². The molecule has 0 bridgehead atoms. The van der Waals surface area contributed by atoms with Crippen molar-refractivity contribution in [3.8, 4) is 5.75 Å². The van der Waals surface area contributed by atoms with Crippen LogP contribution in [0.4, 0.5) is 5.69 Å². The topological polar surface area (TPSA) is 69.6 Å². The summed E-state index contributed by atoms with van der Waals surface area (Å²) in [4.78, 5) is 25.6. The summed E-state index contributed by atoms with van der Waals surface area (Å²) in [6.07, 6.45) is 4.77. The van der Waals surface area contributed by atoms with E-state index in [2.05, 4.69) is 5.32 Å². The number of rotatable bonds is 7. The second-order valence-corrected chi connectivity index (χ2v) is 8.00. The van der Waals surface area contributed by atoms with Gasteiger partial charge in [-0.25, -0.2) is 0 Å². The van der Waals surface area contributed by atoms with E-state index in [-0.39, 0.29) is 11.5 Å². The Labute approximate surface area is 181 Å². The summed E-state index contributed by atoms with van der Waals surface area (Å²) >= 11 is 0. The van der Waals surface area contributed by atoms with Crippen molar-refractivity contribution in [2.24, 2.45) is 5.92 Å². The van der Waals surface area contributed by atoms with E-state index in [0.29, 0.717) is 36.4 Å². The molecule has 162 valence electrons. The Hall–Kier alpha value is -3.12. The fourth-order valence-corrected chi connectivity index (χ4v) is 4.08. The first kappa shape index (κ1) is 21.1. The quantitative estimate of drug-likeness (QED) is 0.627. The van der Waals surface area contributed by atoms with E-state index < -0.39 is 0 Å². The molecule has 0 unspecified atom stereocenters. The van der Waals surface area contributed by atoms with E-state index in [1.54, 1.807) is 11.7 Å². The molecular formula is C25H28N2O4. The van der Waals surface area contributed by atoms with Gasteiger partial charge in [-0.05, 0) is 61.1 Å². The van der Waals surface area contributed by atoms with Gasteiger partial charge in [0.2, 0.25) is 5.91 Å². The first-order chi connectivity index (χ1) is 15.1. The number of hydrogen-bond donors (Lipinski definition) is 1. The monoisotopic (exact) mass is 420 g/mol. The van der Waals surface area contributed by atoms with Crippen molar-refractivity contribution in [3.63, 3.8) is 0 Å². The summed E-state index contributed by atoms with van der Waals surface area (Å²) in [5, 5.41) is 4.37. The zero-order valence-electron chi connectivity index (χ0n) is 17.8. The number of anilines is 1. The minimum atomic E-state index is -0.0818. The number of carbonyl (C=O) groups excluding carboxylic acids is 1. The Kier molecular flexibility index (Phi) is 6.67. The Morgan fingerprint density at radius 1 is 1.13 bits per heavy atom. The standard InChI is InChI=1S/C25H28N2O4/c1-30-20-5-2-4-18(16-20)8-9-24(28)26-23-7-3-6-22-21(23)10-13-27(25(22)29)17-19-11-14-31-15-12-19/h2-7,10,13,16,19H,8-9,11-12,14-15,17H2,1H3,(H,26,28). The number of methoxy groups -OCH3 is 1. The maximum atomic E-state index is 13.0. The van der Waals surface area contributed by atoms with Crippen molar-refractivity contribution in [3.05, 3.63) is 70.6 Å². The summed E-state index contributed by atoms with van der Waals surface area (Å²) in [7, 11) is 1.63. The molecule has 1 N–H and O–H groups in total. The van der Waals surface area contributed by atoms with E-state index in [9.17, 15) is 9.59 Å². The molecule has 1 aromatic heterocycles.